The molecule has 1 saturated heterocycles. The van der Waals surface area contributed by atoms with Gasteiger partial charge in [0.1, 0.15) is 5.75 Å². The second-order valence-corrected chi connectivity index (χ2v) is 7.87. The molecule has 8 heteroatoms. The van der Waals surface area contributed by atoms with Crippen molar-refractivity contribution in [1.29, 1.82) is 0 Å². The number of nitro benzene ring substituents is 1. The molecule has 1 aromatic carbocycles. The molecule has 0 N–H and O–H groups in total. The molecule has 3 rings (SSSR count). The Morgan fingerprint density at radius 2 is 2.11 bits per heavy atom. The Morgan fingerprint density at radius 1 is 1.37 bits per heavy atom. The first-order chi connectivity index (χ1) is 9.08. The van der Waals surface area contributed by atoms with E-state index in [-0.39, 0.29) is 12.3 Å². The molecular weight excluding hydrogens is 287 g/mol. The van der Waals surface area contributed by atoms with Gasteiger partial charge in [-0.1, -0.05) is 0 Å². The van der Waals surface area contributed by atoms with Crippen molar-refractivity contribution in [3.05, 3.63) is 33.9 Å². The van der Waals surface area contributed by atoms with Gasteiger partial charge in [-0.2, -0.15) is 0 Å². The average Bonchev–Trinajstić information content (AvgIpc) is 2.92. The number of fused-ring (bicyclic) bond motifs is 1. The number of non-ortho nitro benzene ring substituents is 1. The van der Waals surface area contributed by atoms with Gasteiger partial charge in [-0.3, -0.25) is 10.1 Å². The fourth-order valence-corrected chi connectivity index (χ4v) is 4.99. The summed E-state index contributed by atoms with van der Waals surface area (Å²) in [5.41, 5.74) is 0.733. The third kappa shape index (κ3) is 2.39. The normalized spacial score (nSPS) is 26.7. The second-order valence-electron chi connectivity index (χ2n) is 4.54. The van der Waals surface area contributed by atoms with Crippen LogP contribution in [0.5, 0.6) is 5.75 Å². The van der Waals surface area contributed by atoms with Crippen molar-refractivity contribution < 1.29 is 14.0 Å². The van der Waals surface area contributed by atoms with Crippen molar-refractivity contribution in [1.82, 2.24) is 4.67 Å². The Hall–Kier alpha value is -1.01. The summed E-state index contributed by atoms with van der Waals surface area (Å²) in [5, 5.41) is 10.7. The SMILES string of the molecule is O=[N+]([O-])c1ccc2c(c1)COP(=S)(N1CCCC1)O2. The van der Waals surface area contributed by atoms with Crippen LogP contribution in [-0.4, -0.2) is 22.7 Å². The van der Waals surface area contributed by atoms with Gasteiger partial charge in [0.15, 0.2) is 0 Å². The quantitative estimate of drug-likeness (QED) is 0.475. The number of benzene rings is 1. The second kappa shape index (κ2) is 4.83. The lowest BCUT2D eigenvalue weighted by Gasteiger charge is -2.34. The number of nitro groups is 1. The Labute approximate surface area is 115 Å². The maximum atomic E-state index is 10.7. The highest BCUT2D eigenvalue weighted by Gasteiger charge is 2.36. The van der Waals surface area contributed by atoms with Crippen molar-refractivity contribution >= 4 is 24.1 Å². The lowest BCUT2D eigenvalue weighted by Crippen LogP contribution is -2.23. The molecule has 102 valence electrons. The Balaban J connectivity index is 1.88. The van der Waals surface area contributed by atoms with E-state index in [9.17, 15) is 10.1 Å². The van der Waals surface area contributed by atoms with Gasteiger partial charge in [-0.25, -0.2) is 4.67 Å². The van der Waals surface area contributed by atoms with E-state index in [1.54, 1.807) is 6.07 Å². The Kier molecular flexibility index (Phi) is 3.30. The van der Waals surface area contributed by atoms with E-state index in [1.165, 1.54) is 12.1 Å². The summed E-state index contributed by atoms with van der Waals surface area (Å²) in [7, 11) is 0. The molecule has 1 atom stereocenters. The average molecular weight is 300 g/mol. The summed E-state index contributed by atoms with van der Waals surface area (Å²) in [5.74, 6) is 0.618. The first kappa shape index (κ1) is 13.0. The van der Waals surface area contributed by atoms with Crippen molar-refractivity contribution in [2.24, 2.45) is 0 Å². The maximum Gasteiger partial charge on any atom is 0.315 e. The van der Waals surface area contributed by atoms with Crippen LogP contribution in [0.1, 0.15) is 18.4 Å². The van der Waals surface area contributed by atoms with Gasteiger partial charge in [0, 0.05) is 30.8 Å². The van der Waals surface area contributed by atoms with Gasteiger partial charge in [0.2, 0.25) is 0 Å². The smallest absolute Gasteiger partial charge is 0.315 e. The van der Waals surface area contributed by atoms with E-state index in [0.717, 1.165) is 25.9 Å². The molecule has 2 aliphatic rings. The highest BCUT2D eigenvalue weighted by Crippen LogP contribution is 2.57. The fourth-order valence-electron chi connectivity index (χ4n) is 2.27. The van der Waals surface area contributed by atoms with E-state index < -0.39 is 11.6 Å². The highest BCUT2D eigenvalue weighted by atomic mass is 32.5. The fraction of sp³-hybridized carbons (Fsp3) is 0.455. The number of nitrogens with zero attached hydrogens (tertiary/aromatic N) is 2. The molecule has 2 aliphatic heterocycles. The van der Waals surface area contributed by atoms with Crippen LogP contribution < -0.4 is 4.52 Å². The topological polar surface area (TPSA) is 64.8 Å². The molecule has 0 bridgehead atoms. The summed E-state index contributed by atoms with van der Waals surface area (Å²) < 4.78 is 13.7. The van der Waals surface area contributed by atoms with Crippen molar-refractivity contribution in [2.75, 3.05) is 13.1 Å². The molecule has 1 unspecified atom stereocenters. The molecule has 0 aliphatic carbocycles. The van der Waals surface area contributed by atoms with E-state index in [2.05, 4.69) is 4.67 Å². The van der Waals surface area contributed by atoms with Crippen LogP contribution in [0, 0.1) is 10.1 Å². The summed E-state index contributed by atoms with van der Waals surface area (Å²) >= 11 is 5.53. The molecule has 6 nitrogen and oxygen atoms in total. The van der Waals surface area contributed by atoms with Crippen LogP contribution >= 0.6 is 6.64 Å². The summed E-state index contributed by atoms with van der Waals surface area (Å²) in [4.78, 5) is 10.3. The Bertz CT molecular complexity index is 574. The minimum Gasteiger partial charge on any atom is -0.432 e. The lowest BCUT2D eigenvalue weighted by atomic mass is 10.2. The van der Waals surface area contributed by atoms with Gasteiger partial charge in [-0.15, -0.1) is 0 Å². The van der Waals surface area contributed by atoms with Crippen LogP contribution in [0.4, 0.5) is 5.69 Å². The molecular formula is C11H13N2O4PS. The predicted molar refractivity (Wildman–Crippen MR) is 73.6 cm³/mol. The van der Waals surface area contributed by atoms with Crippen LogP contribution in [0.3, 0.4) is 0 Å². The third-order valence-electron chi connectivity index (χ3n) is 3.28. The number of rotatable bonds is 2. The van der Waals surface area contributed by atoms with Gasteiger partial charge < -0.3 is 9.05 Å². The van der Waals surface area contributed by atoms with E-state index in [0.29, 0.717) is 11.3 Å². The lowest BCUT2D eigenvalue weighted by molar-refractivity contribution is -0.385. The molecule has 2 heterocycles. The summed E-state index contributed by atoms with van der Waals surface area (Å²) in [6, 6.07) is 4.54. The zero-order valence-corrected chi connectivity index (χ0v) is 11.9. The predicted octanol–water partition coefficient (Wildman–Crippen LogP) is 2.82. The first-order valence-corrected chi connectivity index (χ1v) is 8.64. The van der Waals surface area contributed by atoms with Crippen LogP contribution in [0.2, 0.25) is 0 Å². The van der Waals surface area contributed by atoms with Crippen molar-refractivity contribution in [3.63, 3.8) is 0 Å². The highest BCUT2D eigenvalue weighted by molar-refractivity contribution is 8.08. The monoisotopic (exact) mass is 300 g/mol. The largest absolute Gasteiger partial charge is 0.432 e. The van der Waals surface area contributed by atoms with Gasteiger partial charge >= 0.3 is 6.64 Å². The van der Waals surface area contributed by atoms with Gasteiger partial charge in [-0.05, 0) is 30.7 Å². The first-order valence-electron chi connectivity index (χ1n) is 6.05. The van der Waals surface area contributed by atoms with Crippen LogP contribution in [0.25, 0.3) is 0 Å². The molecule has 19 heavy (non-hydrogen) atoms. The van der Waals surface area contributed by atoms with E-state index in [4.69, 9.17) is 20.9 Å². The summed E-state index contributed by atoms with van der Waals surface area (Å²) in [6.07, 6.45) is 2.22. The molecule has 1 aromatic rings. The minimum atomic E-state index is -2.44. The minimum absolute atomic E-state index is 0.0438. The van der Waals surface area contributed by atoms with Crippen LogP contribution in [-0.2, 0) is 22.9 Å². The molecule has 0 aromatic heterocycles. The zero-order valence-electron chi connectivity index (χ0n) is 10.2. The van der Waals surface area contributed by atoms with Crippen molar-refractivity contribution in [2.45, 2.75) is 19.4 Å². The summed E-state index contributed by atoms with van der Waals surface area (Å²) in [6.45, 7) is -0.348. The van der Waals surface area contributed by atoms with Gasteiger partial charge in [0.25, 0.3) is 5.69 Å². The molecule has 0 spiro atoms. The van der Waals surface area contributed by atoms with Gasteiger partial charge in [0.05, 0.1) is 11.5 Å². The maximum absolute atomic E-state index is 10.7. The molecule has 0 radical (unpaired) electrons. The van der Waals surface area contributed by atoms with E-state index in [1.807, 2.05) is 0 Å². The molecule has 0 saturated carbocycles. The number of hydrogen-bond donors (Lipinski definition) is 0. The van der Waals surface area contributed by atoms with E-state index >= 15 is 0 Å². The molecule has 0 amide bonds. The van der Waals surface area contributed by atoms with Crippen LogP contribution in [0.15, 0.2) is 18.2 Å². The van der Waals surface area contributed by atoms with Crippen molar-refractivity contribution in [3.8, 4) is 5.75 Å². The third-order valence-corrected chi connectivity index (χ3v) is 6.49. The number of hydrogen-bond acceptors (Lipinski definition) is 5. The standard InChI is InChI=1S/C11H13N2O4PS/c14-13(15)10-3-4-11-9(7-10)8-16-18(19,17-11)12-5-1-2-6-12/h3-4,7H,1-2,5-6,8H2. The molecule has 1 fully saturated rings. The zero-order chi connectivity index (χ0) is 13.5. The Morgan fingerprint density at radius 3 is 2.79 bits per heavy atom.